The maximum Gasteiger partial charge on any atom is 0.161 e. The Hall–Kier alpha value is -2.76. The molecule has 0 unspecified atom stereocenters. The fourth-order valence-corrected chi connectivity index (χ4v) is 3.57. The third-order valence-electron chi connectivity index (χ3n) is 4.95. The summed E-state index contributed by atoms with van der Waals surface area (Å²) in [6, 6.07) is 7.97. The first-order chi connectivity index (χ1) is 12.8. The minimum Gasteiger partial charge on any atom is -0.493 e. The van der Waals surface area contributed by atoms with Gasteiger partial charge >= 0.3 is 0 Å². The maximum atomic E-state index is 5.43. The van der Waals surface area contributed by atoms with Crippen LogP contribution in [0.15, 0.2) is 36.7 Å². The van der Waals surface area contributed by atoms with Gasteiger partial charge in [0.05, 0.1) is 19.9 Å². The summed E-state index contributed by atoms with van der Waals surface area (Å²) in [6.07, 6.45) is 8.78. The second kappa shape index (κ2) is 7.23. The number of methoxy groups -OCH3 is 2. The van der Waals surface area contributed by atoms with Crippen molar-refractivity contribution in [3.63, 3.8) is 0 Å². The molecule has 0 spiro atoms. The Morgan fingerprint density at radius 2 is 1.69 bits per heavy atom. The summed E-state index contributed by atoms with van der Waals surface area (Å²) in [7, 11) is 3.29. The van der Waals surface area contributed by atoms with Crippen LogP contribution in [-0.2, 0) is 0 Å². The van der Waals surface area contributed by atoms with Gasteiger partial charge in [-0.1, -0.05) is 12.8 Å². The molecule has 6 heteroatoms. The van der Waals surface area contributed by atoms with Gasteiger partial charge in [0.2, 0.25) is 0 Å². The largest absolute Gasteiger partial charge is 0.493 e. The van der Waals surface area contributed by atoms with Crippen molar-refractivity contribution in [3.05, 3.63) is 36.7 Å². The Morgan fingerprint density at radius 1 is 0.923 bits per heavy atom. The lowest BCUT2D eigenvalue weighted by atomic mass is 10.1. The van der Waals surface area contributed by atoms with Crippen LogP contribution >= 0.6 is 0 Å². The quantitative estimate of drug-likeness (QED) is 0.715. The van der Waals surface area contributed by atoms with Crippen molar-refractivity contribution in [2.45, 2.75) is 25.7 Å². The molecular formula is C20H24N4O2. The van der Waals surface area contributed by atoms with E-state index < -0.39 is 0 Å². The first-order valence-electron chi connectivity index (χ1n) is 9.12. The fraction of sp³-hybridized carbons (Fsp3) is 0.400. The molecule has 3 heterocycles. The van der Waals surface area contributed by atoms with Crippen molar-refractivity contribution < 1.29 is 9.47 Å². The van der Waals surface area contributed by atoms with E-state index in [9.17, 15) is 0 Å². The zero-order valence-corrected chi connectivity index (χ0v) is 15.3. The molecule has 0 atom stereocenters. The summed E-state index contributed by atoms with van der Waals surface area (Å²) >= 11 is 0. The second-order valence-corrected chi connectivity index (χ2v) is 6.58. The number of anilines is 1. The van der Waals surface area contributed by atoms with Crippen molar-refractivity contribution >= 4 is 11.3 Å². The third kappa shape index (κ3) is 3.07. The Morgan fingerprint density at radius 3 is 2.42 bits per heavy atom. The molecule has 136 valence electrons. The van der Waals surface area contributed by atoms with E-state index in [1.54, 1.807) is 14.2 Å². The summed E-state index contributed by atoms with van der Waals surface area (Å²) in [4.78, 5) is 7.05. The highest BCUT2D eigenvalue weighted by molar-refractivity contribution is 5.76. The van der Waals surface area contributed by atoms with Crippen molar-refractivity contribution in [1.29, 1.82) is 0 Å². The SMILES string of the molecule is COc1ccc(-c2cc3c(N4CCCCCC4)nccn3n2)cc1OC. The molecule has 1 aliphatic heterocycles. The summed E-state index contributed by atoms with van der Waals surface area (Å²) in [5, 5.41) is 4.75. The minimum absolute atomic E-state index is 0.702. The molecular weight excluding hydrogens is 328 g/mol. The Kier molecular flexibility index (Phi) is 4.65. The molecule has 0 aliphatic carbocycles. The summed E-state index contributed by atoms with van der Waals surface area (Å²) in [5.41, 5.74) is 2.93. The Labute approximate surface area is 153 Å². The lowest BCUT2D eigenvalue weighted by molar-refractivity contribution is 0.355. The number of hydrogen-bond donors (Lipinski definition) is 0. The Bertz CT molecular complexity index is 898. The molecule has 2 aromatic heterocycles. The van der Waals surface area contributed by atoms with E-state index in [0.29, 0.717) is 11.5 Å². The van der Waals surface area contributed by atoms with E-state index in [1.165, 1.54) is 25.7 Å². The second-order valence-electron chi connectivity index (χ2n) is 6.58. The number of nitrogens with zero attached hydrogens (tertiary/aromatic N) is 4. The smallest absolute Gasteiger partial charge is 0.161 e. The molecule has 0 radical (unpaired) electrons. The van der Waals surface area contributed by atoms with Crippen LogP contribution in [0.4, 0.5) is 5.82 Å². The van der Waals surface area contributed by atoms with Gasteiger partial charge in [-0.25, -0.2) is 9.50 Å². The van der Waals surface area contributed by atoms with Gasteiger partial charge in [-0.05, 0) is 37.1 Å². The van der Waals surface area contributed by atoms with Crippen LogP contribution in [0.5, 0.6) is 11.5 Å². The van der Waals surface area contributed by atoms with E-state index in [4.69, 9.17) is 14.6 Å². The molecule has 26 heavy (non-hydrogen) atoms. The van der Waals surface area contributed by atoms with Crippen molar-refractivity contribution in [2.24, 2.45) is 0 Å². The molecule has 0 bridgehead atoms. The lowest BCUT2D eigenvalue weighted by Gasteiger charge is -2.21. The molecule has 0 N–H and O–H groups in total. The number of benzene rings is 1. The zero-order chi connectivity index (χ0) is 17.9. The van der Waals surface area contributed by atoms with E-state index in [2.05, 4.69) is 16.0 Å². The van der Waals surface area contributed by atoms with Gasteiger partial charge in [-0.15, -0.1) is 0 Å². The van der Waals surface area contributed by atoms with Crippen molar-refractivity contribution in [2.75, 3.05) is 32.2 Å². The number of aromatic nitrogens is 3. The van der Waals surface area contributed by atoms with Gasteiger partial charge in [0.1, 0.15) is 5.52 Å². The molecule has 1 aromatic carbocycles. The van der Waals surface area contributed by atoms with Gasteiger partial charge in [0.15, 0.2) is 17.3 Å². The highest BCUT2D eigenvalue weighted by Crippen LogP contribution is 2.33. The third-order valence-corrected chi connectivity index (χ3v) is 4.95. The Balaban J connectivity index is 1.75. The lowest BCUT2D eigenvalue weighted by Crippen LogP contribution is -2.25. The zero-order valence-electron chi connectivity index (χ0n) is 15.3. The van der Waals surface area contributed by atoms with Crippen LogP contribution in [-0.4, -0.2) is 41.9 Å². The molecule has 6 nitrogen and oxygen atoms in total. The summed E-state index contributed by atoms with van der Waals surface area (Å²) < 4.78 is 12.7. The van der Waals surface area contributed by atoms with Gasteiger partial charge < -0.3 is 14.4 Å². The molecule has 0 saturated carbocycles. The number of ether oxygens (including phenoxy) is 2. The number of fused-ring (bicyclic) bond motifs is 1. The van der Waals surface area contributed by atoms with E-state index in [-0.39, 0.29) is 0 Å². The monoisotopic (exact) mass is 352 g/mol. The first kappa shape index (κ1) is 16.7. The molecule has 4 rings (SSSR count). The van der Waals surface area contributed by atoms with E-state index >= 15 is 0 Å². The maximum absolute atomic E-state index is 5.43. The highest BCUT2D eigenvalue weighted by atomic mass is 16.5. The van der Waals surface area contributed by atoms with Crippen LogP contribution in [0.3, 0.4) is 0 Å². The van der Waals surface area contributed by atoms with E-state index in [1.807, 2.05) is 35.1 Å². The predicted octanol–water partition coefficient (Wildman–Crippen LogP) is 3.79. The van der Waals surface area contributed by atoms with Gasteiger partial charge in [-0.3, -0.25) is 0 Å². The van der Waals surface area contributed by atoms with Gasteiger partial charge in [0.25, 0.3) is 0 Å². The topological polar surface area (TPSA) is 51.9 Å². The number of rotatable bonds is 4. The fourth-order valence-electron chi connectivity index (χ4n) is 3.57. The van der Waals surface area contributed by atoms with Crippen LogP contribution in [0.1, 0.15) is 25.7 Å². The van der Waals surface area contributed by atoms with Gasteiger partial charge in [-0.2, -0.15) is 5.10 Å². The summed E-state index contributed by atoms with van der Waals surface area (Å²) in [5.74, 6) is 2.44. The number of hydrogen-bond acceptors (Lipinski definition) is 5. The van der Waals surface area contributed by atoms with E-state index in [0.717, 1.165) is 35.7 Å². The van der Waals surface area contributed by atoms with Crippen LogP contribution in [0.25, 0.3) is 16.8 Å². The predicted molar refractivity (Wildman–Crippen MR) is 102 cm³/mol. The average molecular weight is 352 g/mol. The van der Waals surface area contributed by atoms with Crippen molar-refractivity contribution in [1.82, 2.24) is 14.6 Å². The molecule has 0 amide bonds. The van der Waals surface area contributed by atoms with Crippen LogP contribution in [0.2, 0.25) is 0 Å². The van der Waals surface area contributed by atoms with Crippen molar-refractivity contribution in [3.8, 4) is 22.8 Å². The first-order valence-corrected chi connectivity index (χ1v) is 9.12. The molecule has 1 fully saturated rings. The average Bonchev–Trinajstić information content (AvgIpc) is 2.94. The van der Waals surface area contributed by atoms with Gasteiger partial charge in [0, 0.05) is 31.0 Å². The highest BCUT2D eigenvalue weighted by Gasteiger charge is 2.17. The van der Waals surface area contributed by atoms with Crippen LogP contribution in [0, 0.1) is 0 Å². The molecule has 3 aromatic rings. The summed E-state index contributed by atoms with van der Waals surface area (Å²) in [6.45, 7) is 2.12. The normalized spacial score (nSPS) is 15.1. The molecule has 1 aliphatic rings. The molecule has 1 saturated heterocycles. The standard InChI is InChI=1S/C20H24N4O2/c1-25-18-8-7-15(13-19(18)26-2)16-14-17-20(21-9-12-24(17)22-16)23-10-5-3-4-6-11-23/h7-9,12-14H,3-6,10-11H2,1-2H3. The minimum atomic E-state index is 0.702. The van der Waals surface area contributed by atoms with Crippen LogP contribution < -0.4 is 14.4 Å².